The van der Waals surface area contributed by atoms with E-state index in [1.165, 1.54) is 6.92 Å². The molecule has 3 atom stereocenters. The van der Waals surface area contributed by atoms with Crippen molar-refractivity contribution in [3.05, 3.63) is 30.1 Å². The minimum absolute atomic E-state index is 0.159. The van der Waals surface area contributed by atoms with Crippen LogP contribution in [0.5, 0.6) is 5.88 Å². The first-order valence-corrected chi connectivity index (χ1v) is 9.86. The Labute approximate surface area is 165 Å². The van der Waals surface area contributed by atoms with Gasteiger partial charge in [-0.1, -0.05) is 19.1 Å². The summed E-state index contributed by atoms with van der Waals surface area (Å²) in [5, 5.41) is 10.1. The molecule has 2 heterocycles. The van der Waals surface area contributed by atoms with Gasteiger partial charge in [0.15, 0.2) is 0 Å². The number of ether oxygens (including phenoxy) is 3. The summed E-state index contributed by atoms with van der Waals surface area (Å²) >= 11 is 0. The van der Waals surface area contributed by atoms with Crippen LogP contribution in [-0.4, -0.2) is 46.1 Å². The van der Waals surface area contributed by atoms with Crippen LogP contribution < -0.4 is 4.74 Å². The molecule has 7 heteroatoms. The lowest BCUT2D eigenvalue weighted by Gasteiger charge is -2.39. The standard InChI is InChI=1S/C21H28N2O5/c1-4-18-22-17-11-6-5-10-16(17)19(23-18)26-12-8-7-9-15-13-27-21(3,20(24)25)28-14(15)2/h5-6,10-11,14-15H,4,7-9,12-13H2,1-3H3,(H,24,25). The number of unbranched alkanes of at least 4 members (excludes halogenated alkanes) is 1. The maximum absolute atomic E-state index is 11.2. The number of carboxylic acids is 1. The fraction of sp³-hybridized carbons (Fsp3) is 0.571. The van der Waals surface area contributed by atoms with Crippen molar-refractivity contribution in [1.82, 2.24) is 9.97 Å². The highest BCUT2D eigenvalue weighted by molar-refractivity contribution is 5.83. The highest BCUT2D eigenvalue weighted by Gasteiger charge is 2.43. The quantitative estimate of drug-likeness (QED) is 0.691. The third-order valence-electron chi connectivity index (χ3n) is 5.17. The van der Waals surface area contributed by atoms with Crippen LogP contribution in [0.15, 0.2) is 24.3 Å². The molecule has 0 amide bonds. The number of fused-ring (bicyclic) bond motifs is 1. The first-order chi connectivity index (χ1) is 13.4. The van der Waals surface area contributed by atoms with Crippen LogP contribution in [0.4, 0.5) is 0 Å². The van der Waals surface area contributed by atoms with Gasteiger partial charge in [0.2, 0.25) is 5.88 Å². The van der Waals surface area contributed by atoms with Gasteiger partial charge in [-0.25, -0.2) is 9.78 Å². The van der Waals surface area contributed by atoms with Crippen LogP contribution in [0.25, 0.3) is 10.9 Å². The Morgan fingerprint density at radius 2 is 2.11 bits per heavy atom. The van der Waals surface area contributed by atoms with E-state index in [-0.39, 0.29) is 12.0 Å². The molecule has 0 bridgehead atoms. The largest absolute Gasteiger partial charge is 0.477 e. The molecule has 1 saturated heterocycles. The molecule has 2 aromatic rings. The monoisotopic (exact) mass is 388 g/mol. The highest BCUT2D eigenvalue weighted by atomic mass is 16.7. The fourth-order valence-electron chi connectivity index (χ4n) is 3.36. The summed E-state index contributed by atoms with van der Waals surface area (Å²) in [6.07, 6.45) is 3.31. The average molecular weight is 388 g/mol. The number of para-hydroxylation sites is 1. The van der Waals surface area contributed by atoms with Gasteiger partial charge in [0, 0.05) is 19.3 Å². The molecule has 28 heavy (non-hydrogen) atoms. The predicted octanol–water partition coefficient (Wildman–Crippen LogP) is 3.59. The van der Waals surface area contributed by atoms with E-state index in [0.717, 1.165) is 42.4 Å². The number of hydrogen-bond donors (Lipinski definition) is 1. The summed E-state index contributed by atoms with van der Waals surface area (Å²) in [5.74, 6) is -1.03. The second-order valence-electron chi connectivity index (χ2n) is 7.30. The molecule has 1 aliphatic rings. The number of rotatable bonds is 8. The molecular weight excluding hydrogens is 360 g/mol. The minimum atomic E-state index is -1.54. The van der Waals surface area contributed by atoms with E-state index in [1.54, 1.807) is 0 Å². The van der Waals surface area contributed by atoms with E-state index >= 15 is 0 Å². The molecule has 1 fully saturated rings. The van der Waals surface area contributed by atoms with E-state index < -0.39 is 11.8 Å². The van der Waals surface area contributed by atoms with Crippen molar-refractivity contribution in [3.8, 4) is 5.88 Å². The van der Waals surface area contributed by atoms with Gasteiger partial charge in [-0.05, 0) is 38.3 Å². The summed E-state index contributed by atoms with van der Waals surface area (Å²) < 4.78 is 17.0. The number of aryl methyl sites for hydroxylation is 1. The molecule has 0 aliphatic carbocycles. The van der Waals surface area contributed by atoms with Crippen LogP contribution >= 0.6 is 0 Å². The van der Waals surface area contributed by atoms with Crippen LogP contribution in [0.2, 0.25) is 0 Å². The second-order valence-corrected chi connectivity index (χ2v) is 7.30. The SMILES string of the molecule is CCc1nc(OCCCCC2COC(C)(C(=O)O)OC2C)c2ccccc2n1. The first-order valence-electron chi connectivity index (χ1n) is 9.86. The van der Waals surface area contributed by atoms with E-state index in [1.807, 2.05) is 38.1 Å². The summed E-state index contributed by atoms with van der Waals surface area (Å²) in [7, 11) is 0. The Hall–Kier alpha value is -2.25. The Morgan fingerprint density at radius 1 is 1.32 bits per heavy atom. The van der Waals surface area contributed by atoms with Gasteiger partial charge in [0.1, 0.15) is 5.82 Å². The van der Waals surface area contributed by atoms with Gasteiger partial charge in [0.25, 0.3) is 5.79 Å². The number of aromatic nitrogens is 2. The number of carbonyl (C=O) groups is 1. The number of carboxylic acid groups (broad SMARTS) is 1. The highest BCUT2D eigenvalue weighted by Crippen LogP contribution is 2.30. The molecule has 1 aromatic heterocycles. The molecule has 152 valence electrons. The second kappa shape index (κ2) is 8.84. The Kier molecular flexibility index (Phi) is 6.46. The predicted molar refractivity (Wildman–Crippen MR) is 104 cm³/mol. The number of benzene rings is 1. The summed E-state index contributed by atoms with van der Waals surface area (Å²) in [6, 6.07) is 7.86. The normalized spacial score (nSPS) is 25.0. The molecule has 0 radical (unpaired) electrons. The molecule has 3 unspecified atom stereocenters. The minimum Gasteiger partial charge on any atom is -0.477 e. The van der Waals surface area contributed by atoms with E-state index in [2.05, 4.69) is 9.97 Å². The lowest BCUT2D eigenvalue weighted by atomic mass is 9.96. The first kappa shape index (κ1) is 20.5. The van der Waals surface area contributed by atoms with Gasteiger partial charge in [-0.3, -0.25) is 0 Å². The lowest BCUT2D eigenvalue weighted by molar-refractivity contribution is -0.292. The Balaban J connectivity index is 1.48. The Bertz CT molecular complexity index is 828. The fourth-order valence-corrected chi connectivity index (χ4v) is 3.36. The van der Waals surface area contributed by atoms with Crippen molar-refractivity contribution in [3.63, 3.8) is 0 Å². The number of nitrogens with zero attached hydrogens (tertiary/aromatic N) is 2. The summed E-state index contributed by atoms with van der Waals surface area (Å²) in [6.45, 7) is 6.34. The van der Waals surface area contributed by atoms with Crippen LogP contribution in [0.1, 0.15) is 45.9 Å². The van der Waals surface area contributed by atoms with Crippen molar-refractivity contribution in [2.45, 2.75) is 58.3 Å². The van der Waals surface area contributed by atoms with Crippen molar-refractivity contribution >= 4 is 16.9 Å². The molecule has 1 aromatic carbocycles. The molecule has 0 saturated carbocycles. The zero-order valence-electron chi connectivity index (χ0n) is 16.7. The molecule has 0 spiro atoms. The maximum atomic E-state index is 11.2. The van der Waals surface area contributed by atoms with Gasteiger partial charge >= 0.3 is 5.97 Å². The molecule has 7 nitrogen and oxygen atoms in total. The lowest BCUT2D eigenvalue weighted by Crippen LogP contribution is -2.51. The maximum Gasteiger partial charge on any atom is 0.364 e. The summed E-state index contributed by atoms with van der Waals surface area (Å²) in [4.78, 5) is 20.3. The topological polar surface area (TPSA) is 90.8 Å². The molecule has 1 aliphatic heterocycles. The van der Waals surface area contributed by atoms with Gasteiger partial charge in [-0.2, -0.15) is 4.98 Å². The number of hydrogen-bond acceptors (Lipinski definition) is 6. The van der Waals surface area contributed by atoms with Gasteiger partial charge in [-0.15, -0.1) is 0 Å². The summed E-state index contributed by atoms with van der Waals surface area (Å²) in [5.41, 5.74) is 0.899. The van der Waals surface area contributed by atoms with Crippen LogP contribution in [0.3, 0.4) is 0 Å². The van der Waals surface area contributed by atoms with Crippen molar-refractivity contribution < 1.29 is 24.1 Å². The molecule has 1 N–H and O–H groups in total. The van der Waals surface area contributed by atoms with E-state index in [0.29, 0.717) is 19.1 Å². The number of aliphatic carboxylic acids is 1. The van der Waals surface area contributed by atoms with Crippen molar-refractivity contribution in [2.24, 2.45) is 5.92 Å². The van der Waals surface area contributed by atoms with Gasteiger partial charge in [0.05, 0.1) is 30.2 Å². The van der Waals surface area contributed by atoms with Gasteiger partial charge < -0.3 is 19.3 Å². The van der Waals surface area contributed by atoms with Crippen LogP contribution in [-0.2, 0) is 20.7 Å². The third kappa shape index (κ3) is 4.59. The molecular formula is C21H28N2O5. The van der Waals surface area contributed by atoms with E-state index in [4.69, 9.17) is 14.2 Å². The smallest absolute Gasteiger partial charge is 0.364 e. The zero-order valence-corrected chi connectivity index (χ0v) is 16.7. The zero-order chi connectivity index (χ0) is 20.1. The van der Waals surface area contributed by atoms with Crippen molar-refractivity contribution in [2.75, 3.05) is 13.2 Å². The Morgan fingerprint density at radius 3 is 2.82 bits per heavy atom. The average Bonchev–Trinajstić information content (AvgIpc) is 2.68. The van der Waals surface area contributed by atoms with E-state index in [9.17, 15) is 9.90 Å². The van der Waals surface area contributed by atoms with Crippen LogP contribution in [0, 0.1) is 5.92 Å². The van der Waals surface area contributed by atoms with Crippen molar-refractivity contribution in [1.29, 1.82) is 0 Å². The molecule has 3 rings (SSSR count). The third-order valence-corrected chi connectivity index (χ3v) is 5.17.